The number of nitrogens with one attached hydrogen (secondary N) is 1. The molecule has 1 fully saturated rings. The summed E-state index contributed by atoms with van der Waals surface area (Å²) >= 11 is 0. The zero-order valence-corrected chi connectivity index (χ0v) is 12.0. The van der Waals surface area contributed by atoms with Crippen LogP contribution in [0.25, 0.3) is 11.3 Å². The number of carboxylic acids is 1. The molecule has 1 aromatic carbocycles. The predicted octanol–water partition coefficient (Wildman–Crippen LogP) is 1.98. The molecular formula is C17H16N2O3. The number of benzene rings is 1. The van der Waals surface area contributed by atoms with Gasteiger partial charge in [-0.3, -0.25) is 14.6 Å². The van der Waals surface area contributed by atoms with Crippen LogP contribution in [-0.2, 0) is 16.0 Å². The molecule has 0 bridgehead atoms. The van der Waals surface area contributed by atoms with Crippen LogP contribution in [0.15, 0.2) is 42.5 Å². The van der Waals surface area contributed by atoms with Crippen molar-refractivity contribution in [3.05, 3.63) is 53.7 Å². The minimum absolute atomic E-state index is 0.0816. The third-order valence-corrected chi connectivity index (χ3v) is 3.79. The van der Waals surface area contributed by atoms with Crippen molar-refractivity contribution < 1.29 is 14.7 Å². The highest BCUT2D eigenvalue weighted by atomic mass is 16.4. The lowest BCUT2D eigenvalue weighted by Gasteiger charge is -2.09. The number of aromatic nitrogens is 1. The molecule has 1 unspecified atom stereocenters. The van der Waals surface area contributed by atoms with Crippen LogP contribution >= 0.6 is 0 Å². The van der Waals surface area contributed by atoms with Gasteiger partial charge in [0, 0.05) is 24.4 Å². The molecule has 2 aromatic rings. The van der Waals surface area contributed by atoms with Crippen molar-refractivity contribution in [2.75, 3.05) is 6.54 Å². The van der Waals surface area contributed by atoms with Crippen LogP contribution in [0.5, 0.6) is 0 Å². The number of carbonyl (C=O) groups is 2. The maximum absolute atomic E-state index is 11.3. The average molecular weight is 296 g/mol. The molecule has 3 rings (SSSR count). The van der Waals surface area contributed by atoms with Gasteiger partial charge in [0.1, 0.15) is 0 Å². The third-order valence-electron chi connectivity index (χ3n) is 3.79. The lowest BCUT2D eigenvalue weighted by Crippen LogP contribution is -2.13. The Morgan fingerprint density at radius 2 is 2.00 bits per heavy atom. The highest BCUT2D eigenvalue weighted by molar-refractivity contribution is 5.79. The van der Waals surface area contributed by atoms with Crippen LogP contribution in [0.4, 0.5) is 0 Å². The molecule has 5 heteroatoms. The Kier molecular flexibility index (Phi) is 3.87. The highest BCUT2D eigenvalue weighted by Gasteiger charge is 2.22. The second kappa shape index (κ2) is 5.97. The molecule has 1 aliphatic heterocycles. The minimum atomic E-state index is -0.890. The lowest BCUT2D eigenvalue weighted by atomic mass is 9.96. The molecule has 112 valence electrons. The maximum Gasteiger partial charge on any atom is 0.309 e. The zero-order chi connectivity index (χ0) is 15.5. The summed E-state index contributed by atoms with van der Waals surface area (Å²) in [6, 6.07) is 13.3. The van der Waals surface area contributed by atoms with Crippen LogP contribution in [-0.4, -0.2) is 28.5 Å². The Bertz CT molecular complexity index is 710. The van der Waals surface area contributed by atoms with E-state index in [-0.39, 0.29) is 18.2 Å². The van der Waals surface area contributed by atoms with Gasteiger partial charge in [-0.25, -0.2) is 0 Å². The third kappa shape index (κ3) is 3.14. The molecule has 0 radical (unpaired) electrons. The Labute approximate surface area is 128 Å². The van der Waals surface area contributed by atoms with Gasteiger partial charge in [-0.15, -0.1) is 0 Å². The van der Waals surface area contributed by atoms with Crippen molar-refractivity contribution in [2.45, 2.75) is 18.8 Å². The summed E-state index contributed by atoms with van der Waals surface area (Å²) in [5, 5.41) is 11.7. The van der Waals surface area contributed by atoms with E-state index in [1.165, 1.54) is 0 Å². The number of aliphatic carboxylic acids is 1. The van der Waals surface area contributed by atoms with Crippen molar-refractivity contribution in [3.8, 4) is 11.3 Å². The van der Waals surface area contributed by atoms with Crippen molar-refractivity contribution in [3.63, 3.8) is 0 Å². The molecule has 2 heterocycles. The standard InChI is InChI=1S/C17H16N2O3/c20-16-8-13(10-18-16)11-4-6-12(7-5-11)15-3-1-2-14(19-15)9-17(21)22/h1-7,13H,8-10H2,(H,18,20)(H,21,22). The second-order valence-electron chi connectivity index (χ2n) is 5.41. The smallest absolute Gasteiger partial charge is 0.309 e. The number of nitrogens with zero attached hydrogens (tertiary/aromatic N) is 1. The SMILES string of the molecule is O=C(O)Cc1cccc(-c2ccc(C3CNC(=O)C3)cc2)n1. The van der Waals surface area contributed by atoms with E-state index in [2.05, 4.69) is 10.3 Å². The Morgan fingerprint density at radius 3 is 2.64 bits per heavy atom. The van der Waals surface area contributed by atoms with Crippen LogP contribution in [0, 0.1) is 0 Å². The van der Waals surface area contributed by atoms with Gasteiger partial charge in [-0.05, 0) is 17.7 Å². The molecule has 1 saturated heterocycles. The van der Waals surface area contributed by atoms with Gasteiger partial charge in [0.25, 0.3) is 0 Å². The van der Waals surface area contributed by atoms with Crippen LogP contribution < -0.4 is 5.32 Å². The summed E-state index contributed by atoms with van der Waals surface area (Å²) in [6.45, 7) is 0.685. The number of amides is 1. The second-order valence-corrected chi connectivity index (χ2v) is 5.41. The number of carboxylic acid groups (broad SMARTS) is 1. The summed E-state index contributed by atoms with van der Waals surface area (Å²) < 4.78 is 0. The Balaban J connectivity index is 1.80. The number of hydrogen-bond acceptors (Lipinski definition) is 3. The van der Waals surface area contributed by atoms with Crippen molar-refractivity contribution >= 4 is 11.9 Å². The molecule has 0 aliphatic carbocycles. The number of carbonyl (C=O) groups excluding carboxylic acids is 1. The summed E-state index contributed by atoms with van der Waals surface area (Å²) in [5.41, 5.74) is 3.36. The first-order valence-electron chi connectivity index (χ1n) is 7.16. The van der Waals surface area contributed by atoms with E-state index in [0.29, 0.717) is 18.7 Å². The first kappa shape index (κ1) is 14.3. The summed E-state index contributed by atoms with van der Waals surface area (Å²) in [7, 11) is 0. The van der Waals surface area contributed by atoms with Gasteiger partial charge in [0.2, 0.25) is 5.91 Å². The number of rotatable bonds is 4. The first-order chi connectivity index (χ1) is 10.6. The van der Waals surface area contributed by atoms with Crippen LogP contribution in [0.2, 0.25) is 0 Å². The van der Waals surface area contributed by atoms with Gasteiger partial charge in [0.05, 0.1) is 17.8 Å². The molecule has 22 heavy (non-hydrogen) atoms. The van der Waals surface area contributed by atoms with Crippen molar-refractivity contribution in [2.24, 2.45) is 0 Å². The Hall–Kier alpha value is -2.69. The molecule has 2 N–H and O–H groups in total. The molecule has 1 amide bonds. The van der Waals surface area contributed by atoms with E-state index >= 15 is 0 Å². The van der Waals surface area contributed by atoms with E-state index < -0.39 is 5.97 Å². The Morgan fingerprint density at radius 1 is 1.23 bits per heavy atom. The number of pyridine rings is 1. The molecule has 1 atom stereocenters. The van der Waals surface area contributed by atoms with Crippen LogP contribution in [0.3, 0.4) is 0 Å². The molecule has 5 nitrogen and oxygen atoms in total. The van der Waals surface area contributed by atoms with Crippen molar-refractivity contribution in [1.82, 2.24) is 10.3 Å². The predicted molar refractivity (Wildman–Crippen MR) is 81.4 cm³/mol. The average Bonchev–Trinajstić information content (AvgIpc) is 2.94. The van der Waals surface area contributed by atoms with E-state index in [9.17, 15) is 9.59 Å². The minimum Gasteiger partial charge on any atom is -0.481 e. The van der Waals surface area contributed by atoms with E-state index in [0.717, 1.165) is 16.8 Å². The van der Waals surface area contributed by atoms with E-state index in [4.69, 9.17) is 5.11 Å². The molecule has 0 spiro atoms. The largest absolute Gasteiger partial charge is 0.481 e. The summed E-state index contributed by atoms with van der Waals surface area (Å²) in [6.07, 6.45) is 0.452. The number of hydrogen-bond donors (Lipinski definition) is 2. The fourth-order valence-corrected chi connectivity index (χ4v) is 2.66. The van der Waals surface area contributed by atoms with Crippen LogP contribution in [0.1, 0.15) is 23.6 Å². The quantitative estimate of drug-likeness (QED) is 0.904. The van der Waals surface area contributed by atoms with Gasteiger partial charge in [-0.2, -0.15) is 0 Å². The molecular weight excluding hydrogens is 280 g/mol. The zero-order valence-electron chi connectivity index (χ0n) is 12.0. The monoisotopic (exact) mass is 296 g/mol. The van der Waals surface area contributed by atoms with Gasteiger partial charge >= 0.3 is 5.97 Å². The van der Waals surface area contributed by atoms with E-state index in [1.54, 1.807) is 6.07 Å². The fourth-order valence-electron chi connectivity index (χ4n) is 2.66. The molecule has 1 aliphatic rings. The fraction of sp³-hybridized carbons (Fsp3) is 0.235. The lowest BCUT2D eigenvalue weighted by molar-refractivity contribution is -0.136. The summed E-state index contributed by atoms with van der Waals surface area (Å²) in [4.78, 5) is 26.4. The first-order valence-corrected chi connectivity index (χ1v) is 7.16. The topological polar surface area (TPSA) is 79.3 Å². The normalized spacial score (nSPS) is 17.3. The maximum atomic E-state index is 11.3. The summed E-state index contributed by atoms with van der Waals surface area (Å²) in [5.74, 6) is -0.566. The molecule has 1 aromatic heterocycles. The molecule has 0 saturated carbocycles. The van der Waals surface area contributed by atoms with Gasteiger partial charge < -0.3 is 10.4 Å². The van der Waals surface area contributed by atoms with Crippen molar-refractivity contribution in [1.29, 1.82) is 0 Å². The van der Waals surface area contributed by atoms with Gasteiger partial charge in [-0.1, -0.05) is 30.3 Å². The highest BCUT2D eigenvalue weighted by Crippen LogP contribution is 2.25. The van der Waals surface area contributed by atoms with E-state index in [1.807, 2.05) is 36.4 Å². The van der Waals surface area contributed by atoms with Gasteiger partial charge in [0.15, 0.2) is 0 Å².